The van der Waals surface area contributed by atoms with Crippen molar-refractivity contribution in [3.8, 4) is 5.75 Å². The Balaban J connectivity index is 1.72. The number of hydrogen-bond donors (Lipinski definition) is 1. The van der Waals surface area contributed by atoms with Gasteiger partial charge < -0.3 is 19.3 Å². The average Bonchev–Trinajstić information content (AvgIpc) is 3.54. The SMILES string of the molecule is CC(=O)CCN1CCN(c2c(F)cc3c(=O)c(OC(=O)O)cn(C4CC4)c3c2F)CC1. The fourth-order valence-corrected chi connectivity index (χ4v) is 4.01. The van der Waals surface area contributed by atoms with E-state index in [1.54, 1.807) is 4.90 Å². The Morgan fingerprint density at radius 1 is 1.19 bits per heavy atom. The number of anilines is 1. The highest BCUT2D eigenvalue weighted by Gasteiger charge is 2.31. The van der Waals surface area contributed by atoms with Gasteiger partial charge in [-0.25, -0.2) is 13.6 Å². The van der Waals surface area contributed by atoms with E-state index in [-0.39, 0.29) is 28.4 Å². The van der Waals surface area contributed by atoms with Gasteiger partial charge in [-0.2, -0.15) is 0 Å². The highest BCUT2D eigenvalue weighted by molar-refractivity contribution is 5.86. The van der Waals surface area contributed by atoms with Gasteiger partial charge in [0, 0.05) is 45.2 Å². The normalized spacial score (nSPS) is 17.2. The summed E-state index contributed by atoms with van der Waals surface area (Å²) in [6.45, 7) is 4.02. The van der Waals surface area contributed by atoms with E-state index in [1.807, 2.05) is 0 Å². The van der Waals surface area contributed by atoms with Crippen LogP contribution >= 0.6 is 0 Å². The number of fused-ring (bicyclic) bond motifs is 1. The molecule has 1 aliphatic heterocycles. The Kier molecular flexibility index (Phi) is 5.65. The molecule has 0 bridgehead atoms. The van der Waals surface area contributed by atoms with Gasteiger partial charge in [-0.05, 0) is 25.8 Å². The lowest BCUT2D eigenvalue weighted by molar-refractivity contribution is -0.117. The van der Waals surface area contributed by atoms with Crippen molar-refractivity contribution < 1.29 is 28.2 Å². The molecule has 1 saturated heterocycles. The maximum atomic E-state index is 15.6. The molecule has 2 aliphatic rings. The van der Waals surface area contributed by atoms with Crippen molar-refractivity contribution in [1.29, 1.82) is 0 Å². The molecule has 1 saturated carbocycles. The van der Waals surface area contributed by atoms with Crippen LogP contribution < -0.4 is 15.1 Å². The van der Waals surface area contributed by atoms with Gasteiger partial charge in [0.15, 0.2) is 11.6 Å². The van der Waals surface area contributed by atoms with Crippen LogP contribution in [0.15, 0.2) is 17.1 Å². The standard InChI is InChI=1S/C21H23F2N3O5/c1-12(27)4-5-24-6-8-25(9-7-24)19-15(22)10-14-18(17(19)23)26(13-2-3-13)11-16(20(14)28)31-21(29)30/h10-11,13H,2-9H2,1H3,(H,29,30). The van der Waals surface area contributed by atoms with Crippen LogP contribution in [0.1, 0.15) is 32.2 Å². The Bertz CT molecular complexity index is 1100. The lowest BCUT2D eigenvalue weighted by Gasteiger charge is -2.36. The number of hydrogen-bond acceptors (Lipinski definition) is 6. The predicted octanol–water partition coefficient (Wildman–Crippen LogP) is 2.77. The number of rotatable bonds is 6. The number of carbonyl (C=O) groups is 2. The molecule has 0 atom stereocenters. The van der Waals surface area contributed by atoms with E-state index < -0.39 is 29.0 Å². The third kappa shape index (κ3) is 4.25. The van der Waals surface area contributed by atoms with Crippen LogP contribution in [0.25, 0.3) is 10.9 Å². The third-order valence-electron chi connectivity index (χ3n) is 5.76. The van der Waals surface area contributed by atoms with Crippen LogP contribution in [0, 0.1) is 11.6 Å². The number of carboxylic acid groups (broad SMARTS) is 1. The Hall–Kier alpha value is -3.01. The molecular weight excluding hydrogens is 412 g/mol. The van der Waals surface area contributed by atoms with Crippen LogP contribution in [0.3, 0.4) is 0 Å². The first-order valence-corrected chi connectivity index (χ1v) is 10.2. The number of ketones is 1. The van der Waals surface area contributed by atoms with Crippen LogP contribution in [0.2, 0.25) is 0 Å². The Morgan fingerprint density at radius 3 is 2.45 bits per heavy atom. The number of pyridine rings is 1. The number of ether oxygens (including phenoxy) is 1. The molecule has 0 radical (unpaired) electrons. The van der Waals surface area contributed by atoms with Gasteiger partial charge in [0.1, 0.15) is 17.3 Å². The first kappa shape index (κ1) is 21.2. The molecule has 4 rings (SSSR count). The maximum absolute atomic E-state index is 15.6. The van der Waals surface area contributed by atoms with Crippen molar-refractivity contribution in [2.24, 2.45) is 0 Å². The maximum Gasteiger partial charge on any atom is 0.511 e. The second-order valence-electron chi connectivity index (χ2n) is 8.03. The monoisotopic (exact) mass is 435 g/mol. The zero-order valence-corrected chi connectivity index (χ0v) is 17.1. The molecule has 0 unspecified atom stereocenters. The van der Waals surface area contributed by atoms with Crippen molar-refractivity contribution in [2.75, 3.05) is 37.6 Å². The first-order chi connectivity index (χ1) is 14.8. The van der Waals surface area contributed by atoms with Gasteiger partial charge in [-0.15, -0.1) is 0 Å². The number of halogens is 2. The van der Waals surface area contributed by atoms with Crippen molar-refractivity contribution in [3.05, 3.63) is 34.1 Å². The molecule has 2 heterocycles. The van der Waals surface area contributed by atoms with E-state index in [0.717, 1.165) is 18.9 Å². The number of nitrogens with zero attached hydrogens (tertiary/aromatic N) is 3. The number of Topliss-reactive ketones (excluding diaryl/α,β-unsaturated/α-hetero) is 1. The second-order valence-corrected chi connectivity index (χ2v) is 8.03. The molecule has 2 aromatic rings. The van der Waals surface area contributed by atoms with Crippen molar-refractivity contribution in [3.63, 3.8) is 0 Å². The van der Waals surface area contributed by atoms with Gasteiger partial charge in [-0.3, -0.25) is 14.5 Å². The van der Waals surface area contributed by atoms with Gasteiger partial charge >= 0.3 is 6.16 Å². The Morgan fingerprint density at radius 2 is 1.87 bits per heavy atom. The van der Waals surface area contributed by atoms with Gasteiger partial charge in [0.2, 0.25) is 5.43 Å². The topological polar surface area (TPSA) is 92.1 Å². The summed E-state index contributed by atoms with van der Waals surface area (Å²) in [5.74, 6) is -2.09. The molecular formula is C21H23F2N3O5. The summed E-state index contributed by atoms with van der Waals surface area (Å²) in [7, 11) is 0. The second kappa shape index (κ2) is 8.26. The van der Waals surface area contributed by atoms with Crippen LogP contribution in [0.4, 0.5) is 19.3 Å². The molecule has 1 aromatic heterocycles. The van der Waals surface area contributed by atoms with E-state index in [4.69, 9.17) is 5.11 Å². The zero-order chi connectivity index (χ0) is 22.3. The molecule has 8 nitrogen and oxygen atoms in total. The minimum absolute atomic E-state index is 0.0411. The van der Waals surface area contributed by atoms with E-state index in [0.29, 0.717) is 39.1 Å². The molecule has 1 N–H and O–H groups in total. The van der Waals surface area contributed by atoms with E-state index >= 15 is 4.39 Å². The van der Waals surface area contributed by atoms with Gasteiger partial charge in [0.05, 0.1) is 17.1 Å². The van der Waals surface area contributed by atoms with Crippen molar-refractivity contribution in [2.45, 2.75) is 32.2 Å². The van der Waals surface area contributed by atoms with E-state index in [1.165, 1.54) is 17.7 Å². The average molecular weight is 435 g/mol. The number of aromatic nitrogens is 1. The molecule has 10 heteroatoms. The quantitative estimate of drug-likeness (QED) is 0.698. The first-order valence-electron chi connectivity index (χ1n) is 10.2. The summed E-state index contributed by atoms with van der Waals surface area (Å²) in [6, 6.07) is 0.863. The van der Waals surface area contributed by atoms with Gasteiger partial charge in [-0.1, -0.05) is 0 Å². The van der Waals surface area contributed by atoms with E-state index in [9.17, 15) is 18.8 Å². The third-order valence-corrected chi connectivity index (χ3v) is 5.76. The lowest BCUT2D eigenvalue weighted by atomic mass is 10.1. The summed E-state index contributed by atoms with van der Waals surface area (Å²) in [5.41, 5.74) is -1.10. The largest absolute Gasteiger partial charge is 0.511 e. The summed E-state index contributed by atoms with van der Waals surface area (Å²) in [4.78, 5) is 38.4. The Labute approximate surface area is 176 Å². The molecule has 166 valence electrons. The summed E-state index contributed by atoms with van der Waals surface area (Å²) < 4.78 is 36.7. The highest BCUT2D eigenvalue weighted by atomic mass is 19.1. The van der Waals surface area contributed by atoms with Crippen LogP contribution in [-0.4, -0.2) is 59.2 Å². The molecule has 0 amide bonds. The predicted molar refractivity (Wildman–Crippen MR) is 109 cm³/mol. The van der Waals surface area contributed by atoms with Gasteiger partial charge in [0.25, 0.3) is 0 Å². The molecule has 2 fully saturated rings. The lowest BCUT2D eigenvalue weighted by Crippen LogP contribution is -2.47. The minimum Gasteiger partial charge on any atom is -0.449 e. The molecule has 0 spiro atoms. The number of carbonyl (C=O) groups excluding carboxylic acids is 1. The van der Waals surface area contributed by atoms with E-state index in [2.05, 4.69) is 9.64 Å². The minimum atomic E-state index is -1.67. The highest BCUT2D eigenvalue weighted by Crippen LogP contribution is 2.40. The number of benzene rings is 1. The fraction of sp³-hybridized carbons (Fsp3) is 0.476. The smallest absolute Gasteiger partial charge is 0.449 e. The molecule has 1 aliphatic carbocycles. The molecule has 1 aromatic carbocycles. The summed E-state index contributed by atoms with van der Waals surface area (Å²) >= 11 is 0. The van der Waals surface area contributed by atoms with Crippen LogP contribution in [-0.2, 0) is 4.79 Å². The molecule has 31 heavy (non-hydrogen) atoms. The van der Waals surface area contributed by atoms with Crippen LogP contribution in [0.5, 0.6) is 5.75 Å². The van der Waals surface area contributed by atoms with Crippen molar-refractivity contribution in [1.82, 2.24) is 9.47 Å². The zero-order valence-electron chi connectivity index (χ0n) is 17.1. The van der Waals surface area contributed by atoms with Crippen molar-refractivity contribution >= 4 is 28.5 Å². The summed E-state index contributed by atoms with van der Waals surface area (Å²) in [5, 5.41) is 8.63. The number of piperazine rings is 1. The fourth-order valence-electron chi connectivity index (χ4n) is 4.01. The summed E-state index contributed by atoms with van der Waals surface area (Å²) in [6.07, 6.45) is 1.45.